The van der Waals surface area contributed by atoms with Crippen LogP contribution in [-0.2, 0) is 4.79 Å². The lowest BCUT2D eigenvalue weighted by molar-refractivity contribution is -0.122. The zero-order chi connectivity index (χ0) is 18.7. The predicted molar refractivity (Wildman–Crippen MR) is 108 cm³/mol. The number of halogens is 3. The minimum Gasteiger partial charge on any atom is -0.479 e. The molecule has 1 atom stereocenters. The van der Waals surface area contributed by atoms with Gasteiger partial charge in [0.05, 0.1) is 15.7 Å². The number of amides is 1. The standard InChI is InChI=1S/C19H19Cl3N2O2/c1-12(26-18-7-4-13(20)10-16(18)22)19(25)23-14-5-6-17(15(21)11-14)24-8-2-3-9-24/h4-7,10-12H,2-3,8-9H2,1H3,(H,23,25). The first-order valence-corrected chi connectivity index (χ1v) is 9.54. The highest BCUT2D eigenvalue weighted by molar-refractivity contribution is 6.35. The number of carbonyl (C=O) groups excluding carboxylic acids is 1. The highest BCUT2D eigenvalue weighted by Gasteiger charge is 2.19. The van der Waals surface area contributed by atoms with Crippen molar-refractivity contribution in [1.29, 1.82) is 0 Å². The second-order valence-corrected chi connectivity index (χ2v) is 7.44. The number of carbonyl (C=O) groups is 1. The first kappa shape index (κ1) is 19.2. The van der Waals surface area contributed by atoms with E-state index >= 15 is 0 Å². The molecular formula is C19H19Cl3N2O2. The molecule has 0 spiro atoms. The van der Waals surface area contributed by atoms with Crippen LogP contribution in [0.5, 0.6) is 5.75 Å². The van der Waals surface area contributed by atoms with Crippen LogP contribution in [0.2, 0.25) is 15.1 Å². The molecule has 26 heavy (non-hydrogen) atoms. The molecule has 1 aliphatic heterocycles. The minimum absolute atomic E-state index is 0.291. The van der Waals surface area contributed by atoms with E-state index in [4.69, 9.17) is 39.5 Å². The van der Waals surface area contributed by atoms with Gasteiger partial charge in [0.2, 0.25) is 0 Å². The monoisotopic (exact) mass is 412 g/mol. The van der Waals surface area contributed by atoms with E-state index in [1.54, 1.807) is 31.2 Å². The molecule has 0 saturated carbocycles. The van der Waals surface area contributed by atoms with Gasteiger partial charge in [-0.15, -0.1) is 0 Å². The predicted octanol–water partition coefficient (Wildman–Crippen LogP) is 5.65. The Balaban J connectivity index is 1.64. The molecule has 0 bridgehead atoms. The van der Waals surface area contributed by atoms with Gasteiger partial charge < -0.3 is 15.0 Å². The van der Waals surface area contributed by atoms with E-state index in [9.17, 15) is 4.79 Å². The summed E-state index contributed by atoms with van der Waals surface area (Å²) in [4.78, 5) is 14.6. The van der Waals surface area contributed by atoms with Crippen LogP contribution in [0.4, 0.5) is 11.4 Å². The maximum absolute atomic E-state index is 12.4. The fourth-order valence-electron chi connectivity index (χ4n) is 2.86. The van der Waals surface area contributed by atoms with E-state index in [1.807, 2.05) is 12.1 Å². The molecule has 138 valence electrons. The third-order valence-corrected chi connectivity index (χ3v) is 5.06. The highest BCUT2D eigenvalue weighted by Crippen LogP contribution is 2.32. The molecule has 1 fully saturated rings. The first-order chi connectivity index (χ1) is 12.4. The summed E-state index contributed by atoms with van der Waals surface area (Å²) in [6, 6.07) is 10.4. The molecule has 1 N–H and O–H groups in total. The van der Waals surface area contributed by atoms with Crippen LogP contribution in [0.3, 0.4) is 0 Å². The molecule has 0 aliphatic carbocycles. The van der Waals surface area contributed by atoms with Crippen LogP contribution in [0.25, 0.3) is 0 Å². The molecule has 1 unspecified atom stereocenters. The Morgan fingerprint density at radius 1 is 1.08 bits per heavy atom. The average molecular weight is 414 g/mol. The quantitative estimate of drug-likeness (QED) is 0.688. The van der Waals surface area contributed by atoms with E-state index in [1.165, 1.54) is 12.8 Å². The first-order valence-electron chi connectivity index (χ1n) is 8.41. The number of ether oxygens (including phenoxy) is 1. The van der Waals surface area contributed by atoms with E-state index in [0.717, 1.165) is 18.8 Å². The van der Waals surface area contributed by atoms with Crippen molar-refractivity contribution in [2.75, 3.05) is 23.3 Å². The largest absolute Gasteiger partial charge is 0.479 e. The lowest BCUT2D eigenvalue weighted by atomic mass is 10.2. The molecule has 0 radical (unpaired) electrons. The zero-order valence-corrected chi connectivity index (χ0v) is 16.5. The van der Waals surface area contributed by atoms with Crippen LogP contribution in [0.1, 0.15) is 19.8 Å². The summed E-state index contributed by atoms with van der Waals surface area (Å²) in [5, 5.41) is 4.30. The van der Waals surface area contributed by atoms with E-state index in [0.29, 0.717) is 26.5 Å². The van der Waals surface area contributed by atoms with Crippen molar-refractivity contribution in [1.82, 2.24) is 0 Å². The molecule has 0 aromatic heterocycles. The Hall–Kier alpha value is -1.62. The molecule has 1 saturated heterocycles. The smallest absolute Gasteiger partial charge is 0.265 e. The summed E-state index contributed by atoms with van der Waals surface area (Å²) in [6.07, 6.45) is 1.62. The van der Waals surface area contributed by atoms with Crippen LogP contribution in [-0.4, -0.2) is 25.1 Å². The number of hydrogen-bond donors (Lipinski definition) is 1. The van der Waals surface area contributed by atoms with Crippen LogP contribution in [0, 0.1) is 0 Å². The Morgan fingerprint density at radius 3 is 2.46 bits per heavy atom. The third-order valence-electron chi connectivity index (χ3n) is 4.23. The van der Waals surface area contributed by atoms with Crippen molar-refractivity contribution in [2.24, 2.45) is 0 Å². The fraction of sp³-hybridized carbons (Fsp3) is 0.316. The normalized spacial score (nSPS) is 15.0. The number of rotatable bonds is 5. The second-order valence-electron chi connectivity index (χ2n) is 6.18. The van der Waals surface area contributed by atoms with Crippen molar-refractivity contribution < 1.29 is 9.53 Å². The van der Waals surface area contributed by atoms with E-state index < -0.39 is 6.10 Å². The maximum atomic E-state index is 12.4. The molecule has 2 aromatic carbocycles. The Labute approximate surface area is 168 Å². The third kappa shape index (κ3) is 4.56. The van der Waals surface area contributed by atoms with Gasteiger partial charge in [-0.05, 0) is 56.2 Å². The van der Waals surface area contributed by atoms with Crippen molar-refractivity contribution in [3.63, 3.8) is 0 Å². The maximum Gasteiger partial charge on any atom is 0.265 e. The van der Waals surface area contributed by atoms with Crippen molar-refractivity contribution in [3.8, 4) is 5.75 Å². The molecule has 3 rings (SSSR count). The summed E-state index contributed by atoms with van der Waals surface area (Å²) >= 11 is 18.3. The molecular weight excluding hydrogens is 395 g/mol. The van der Waals surface area contributed by atoms with Gasteiger partial charge in [-0.2, -0.15) is 0 Å². The van der Waals surface area contributed by atoms with Gasteiger partial charge in [0.25, 0.3) is 5.91 Å². The van der Waals surface area contributed by atoms with E-state index in [2.05, 4.69) is 10.2 Å². The number of nitrogens with one attached hydrogen (secondary N) is 1. The van der Waals surface area contributed by atoms with Gasteiger partial charge in [0, 0.05) is 23.8 Å². The average Bonchev–Trinajstić information content (AvgIpc) is 3.11. The summed E-state index contributed by atoms with van der Waals surface area (Å²) in [5.74, 6) is 0.113. The van der Waals surface area contributed by atoms with Gasteiger partial charge in [-0.1, -0.05) is 34.8 Å². The Morgan fingerprint density at radius 2 is 1.81 bits per heavy atom. The topological polar surface area (TPSA) is 41.6 Å². The van der Waals surface area contributed by atoms with Gasteiger partial charge in [-0.3, -0.25) is 4.79 Å². The van der Waals surface area contributed by atoms with Crippen molar-refractivity contribution in [3.05, 3.63) is 51.5 Å². The molecule has 1 heterocycles. The summed E-state index contributed by atoms with van der Waals surface area (Å²) < 4.78 is 5.63. The molecule has 7 heteroatoms. The van der Waals surface area contributed by atoms with Crippen LogP contribution >= 0.6 is 34.8 Å². The number of anilines is 2. The second kappa shape index (κ2) is 8.38. The SMILES string of the molecule is CC(Oc1ccc(Cl)cc1Cl)C(=O)Nc1ccc(N2CCCC2)c(Cl)c1. The van der Waals surface area contributed by atoms with Crippen molar-refractivity contribution in [2.45, 2.75) is 25.9 Å². The zero-order valence-electron chi connectivity index (χ0n) is 14.3. The summed E-state index contributed by atoms with van der Waals surface area (Å²) in [6.45, 7) is 3.68. The summed E-state index contributed by atoms with van der Waals surface area (Å²) in [7, 11) is 0. The minimum atomic E-state index is -0.731. The molecule has 4 nitrogen and oxygen atoms in total. The van der Waals surface area contributed by atoms with Gasteiger partial charge in [0.15, 0.2) is 6.10 Å². The van der Waals surface area contributed by atoms with E-state index in [-0.39, 0.29) is 5.91 Å². The van der Waals surface area contributed by atoms with Crippen molar-refractivity contribution >= 4 is 52.1 Å². The van der Waals surface area contributed by atoms with Gasteiger partial charge in [0.1, 0.15) is 5.75 Å². The number of benzene rings is 2. The van der Waals surface area contributed by atoms with Gasteiger partial charge >= 0.3 is 0 Å². The fourth-order valence-corrected chi connectivity index (χ4v) is 3.61. The highest BCUT2D eigenvalue weighted by atomic mass is 35.5. The lowest BCUT2D eigenvalue weighted by Crippen LogP contribution is -2.30. The Bertz CT molecular complexity index is 807. The molecule has 2 aromatic rings. The van der Waals surface area contributed by atoms with Crippen LogP contribution < -0.4 is 15.0 Å². The van der Waals surface area contributed by atoms with Crippen LogP contribution in [0.15, 0.2) is 36.4 Å². The molecule has 1 amide bonds. The van der Waals surface area contributed by atoms with Gasteiger partial charge in [-0.25, -0.2) is 0 Å². The summed E-state index contributed by atoms with van der Waals surface area (Å²) in [5.41, 5.74) is 1.63. The lowest BCUT2D eigenvalue weighted by Gasteiger charge is -2.20. The number of hydrogen-bond acceptors (Lipinski definition) is 3. The Kier molecular flexibility index (Phi) is 6.17. The number of nitrogens with zero attached hydrogens (tertiary/aromatic N) is 1. The molecule has 1 aliphatic rings.